The number of fused-ring (bicyclic) bond motifs is 1. The summed E-state index contributed by atoms with van der Waals surface area (Å²) in [4.78, 5) is 14.1. The predicted octanol–water partition coefficient (Wildman–Crippen LogP) is 2.02. The van der Waals surface area contributed by atoms with Crippen LogP contribution in [0.15, 0.2) is 47.1 Å². The molecular weight excluding hydrogens is 322 g/mol. The Balaban J connectivity index is 1.44. The molecule has 3 rings (SSSR count). The molecule has 7 nitrogen and oxygen atoms in total. The highest BCUT2D eigenvalue weighted by atomic mass is 16.6. The number of nitrogens with one attached hydrogen (secondary N) is 2. The molecule has 0 bridgehead atoms. The monoisotopic (exact) mass is 345 g/mol. The number of ether oxygens (including phenoxy) is 2. The second kappa shape index (κ2) is 7.94. The number of para-hydroxylation sites is 2. The molecule has 2 unspecified atom stereocenters. The van der Waals surface area contributed by atoms with E-state index < -0.39 is 0 Å². The van der Waals surface area contributed by atoms with Crippen LogP contribution in [0.2, 0.25) is 0 Å². The van der Waals surface area contributed by atoms with Crippen LogP contribution in [-0.2, 0) is 0 Å². The largest absolute Gasteiger partial charge is 0.486 e. The molecule has 0 aliphatic carbocycles. The number of carbonyl (C=O) groups is 1. The lowest BCUT2D eigenvalue weighted by Crippen LogP contribution is -2.46. The molecule has 2 N–H and O–H groups in total. The Morgan fingerprint density at radius 2 is 2.00 bits per heavy atom. The highest BCUT2D eigenvalue weighted by molar-refractivity contribution is 5.73. The average Bonchev–Trinajstić information content (AvgIpc) is 3.14. The number of carbonyl (C=O) groups excluding carboxylic acids is 1. The first-order valence-electron chi connectivity index (χ1n) is 8.23. The Morgan fingerprint density at radius 3 is 2.72 bits per heavy atom. The number of rotatable bonds is 6. The Morgan fingerprint density at radius 1 is 1.20 bits per heavy atom. The van der Waals surface area contributed by atoms with Crippen LogP contribution in [0.5, 0.6) is 11.5 Å². The number of nitrogens with zero attached hydrogens (tertiary/aromatic N) is 1. The molecule has 134 valence electrons. The SMILES string of the molecule is CN(C)C(CNC(=O)NCC1COc2ccccc2O1)c1ccco1. The minimum absolute atomic E-state index is 0.0260. The van der Waals surface area contributed by atoms with Crippen LogP contribution in [-0.4, -0.2) is 50.8 Å². The maximum absolute atomic E-state index is 12.1. The number of hydrogen-bond donors (Lipinski definition) is 2. The van der Waals surface area contributed by atoms with Crippen molar-refractivity contribution in [3.05, 3.63) is 48.4 Å². The van der Waals surface area contributed by atoms with Gasteiger partial charge in [0.1, 0.15) is 12.4 Å². The first-order valence-corrected chi connectivity index (χ1v) is 8.23. The van der Waals surface area contributed by atoms with E-state index in [0.29, 0.717) is 25.4 Å². The van der Waals surface area contributed by atoms with Crippen LogP contribution < -0.4 is 20.1 Å². The average molecular weight is 345 g/mol. The van der Waals surface area contributed by atoms with Gasteiger partial charge >= 0.3 is 6.03 Å². The quantitative estimate of drug-likeness (QED) is 0.838. The first-order chi connectivity index (χ1) is 12.1. The third kappa shape index (κ3) is 4.45. The van der Waals surface area contributed by atoms with Crippen LogP contribution in [0.3, 0.4) is 0 Å². The molecule has 0 fully saturated rings. The summed E-state index contributed by atoms with van der Waals surface area (Å²) in [6, 6.07) is 11.0. The molecule has 0 saturated heterocycles. The Hall–Kier alpha value is -2.67. The van der Waals surface area contributed by atoms with Gasteiger partial charge in [0.15, 0.2) is 17.6 Å². The molecule has 2 amide bonds. The number of furan rings is 1. The zero-order valence-corrected chi connectivity index (χ0v) is 14.4. The minimum Gasteiger partial charge on any atom is -0.486 e. The second-order valence-electron chi connectivity index (χ2n) is 6.08. The van der Waals surface area contributed by atoms with Gasteiger partial charge in [-0.25, -0.2) is 4.79 Å². The van der Waals surface area contributed by atoms with Gasteiger partial charge in [-0.2, -0.15) is 0 Å². The van der Waals surface area contributed by atoms with Crippen molar-refractivity contribution in [2.45, 2.75) is 12.1 Å². The maximum Gasteiger partial charge on any atom is 0.314 e. The van der Waals surface area contributed by atoms with Gasteiger partial charge in [-0.05, 0) is 38.4 Å². The summed E-state index contributed by atoms with van der Waals surface area (Å²) in [6.07, 6.45) is 1.42. The number of likely N-dealkylation sites (N-methyl/N-ethyl adjacent to an activating group) is 1. The van der Waals surface area contributed by atoms with E-state index in [0.717, 1.165) is 11.5 Å². The maximum atomic E-state index is 12.1. The van der Waals surface area contributed by atoms with Gasteiger partial charge in [0.05, 0.1) is 18.8 Å². The van der Waals surface area contributed by atoms with E-state index in [9.17, 15) is 4.79 Å². The van der Waals surface area contributed by atoms with Crippen molar-refractivity contribution >= 4 is 6.03 Å². The standard InChI is InChI=1S/C18H23N3O4/c1-21(2)14(15-8-5-9-23-15)11-20-18(22)19-10-13-12-24-16-6-3-4-7-17(16)25-13/h3-9,13-14H,10-12H2,1-2H3,(H2,19,20,22). The fraction of sp³-hybridized carbons (Fsp3) is 0.389. The molecule has 1 aromatic carbocycles. The van der Waals surface area contributed by atoms with Crippen molar-refractivity contribution in [1.82, 2.24) is 15.5 Å². The Bertz CT molecular complexity index is 687. The molecule has 0 saturated carbocycles. The zero-order chi connectivity index (χ0) is 17.6. The fourth-order valence-electron chi connectivity index (χ4n) is 2.64. The smallest absolute Gasteiger partial charge is 0.314 e. The molecule has 7 heteroatoms. The first kappa shape index (κ1) is 17.2. The second-order valence-corrected chi connectivity index (χ2v) is 6.08. The van der Waals surface area contributed by atoms with Gasteiger partial charge in [-0.1, -0.05) is 12.1 Å². The topological polar surface area (TPSA) is 76.0 Å². The highest BCUT2D eigenvalue weighted by Gasteiger charge is 2.22. The molecule has 1 aromatic heterocycles. The van der Waals surface area contributed by atoms with Gasteiger partial charge < -0.3 is 24.5 Å². The summed E-state index contributed by atoms with van der Waals surface area (Å²) in [5, 5.41) is 5.68. The highest BCUT2D eigenvalue weighted by Crippen LogP contribution is 2.30. The molecule has 0 radical (unpaired) electrons. The van der Waals surface area contributed by atoms with Gasteiger partial charge in [-0.3, -0.25) is 4.90 Å². The van der Waals surface area contributed by atoms with E-state index in [1.807, 2.05) is 55.4 Å². The van der Waals surface area contributed by atoms with Crippen molar-refractivity contribution < 1.29 is 18.7 Å². The third-order valence-electron chi connectivity index (χ3n) is 4.01. The molecule has 2 atom stereocenters. The number of hydrogen-bond acceptors (Lipinski definition) is 5. The van der Waals surface area contributed by atoms with Crippen LogP contribution >= 0.6 is 0 Å². The lowest BCUT2D eigenvalue weighted by Gasteiger charge is -2.27. The molecule has 1 aliphatic rings. The summed E-state index contributed by atoms with van der Waals surface area (Å²) in [5.74, 6) is 2.24. The number of urea groups is 1. The zero-order valence-electron chi connectivity index (χ0n) is 14.4. The Kier molecular flexibility index (Phi) is 5.45. The van der Waals surface area contributed by atoms with Crippen LogP contribution in [0.1, 0.15) is 11.8 Å². The summed E-state index contributed by atoms with van der Waals surface area (Å²) >= 11 is 0. The lowest BCUT2D eigenvalue weighted by atomic mass is 10.2. The molecule has 0 spiro atoms. The molecule has 2 aromatic rings. The normalized spacial score (nSPS) is 17.2. The van der Waals surface area contributed by atoms with Crippen LogP contribution in [0, 0.1) is 0 Å². The van der Waals surface area contributed by atoms with E-state index >= 15 is 0 Å². The minimum atomic E-state index is -0.249. The van der Waals surface area contributed by atoms with E-state index in [-0.39, 0.29) is 18.2 Å². The van der Waals surface area contributed by atoms with Crippen molar-refractivity contribution in [3.8, 4) is 11.5 Å². The van der Waals surface area contributed by atoms with E-state index in [4.69, 9.17) is 13.9 Å². The Labute approximate surface area is 146 Å². The van der Waals surface area contributed by atoms with Crippen molar-refractivity contribution in [1.29, 1.82) is 0 Å². The lowest BCUT2D eigenvalue weighted by molar-refractivity contribution is 0.0917. The summed E-state index contributed by atoms with van der Waals surface area (Å²) in [6.45, 7) is 1.22. The number of benzene rings is 1. The summed E-state index contributed by atoms with van der Waals surface area (Å²) in [7, 11) is 3.88. The molecule has 1 aliphatic heterocycles. The number of amides is 2. The molecular formula is C18H23N3O4. The van der Waals surface area contributed by atoms with Gasteiger partial charge in [0.2, 0.25) is 0 Å². The van der Waals surface area contributed by atoms with Gasteiger partial charge in [0, 0.05) is 6.54 Å². The molecule has 2 heterocycles. The van der Waals surface area contributed by atoms with Gasteiger partial charge in [-0.15, -0.1) is 0 Å². The van der Waals surface area contributed by atoms with E-state index in [1.165, 1.54) is 0 Å². The van der Waals surface area contributed by atoms with Crippen LogP contribution in [0.4, 0.5) is 4.79 Å². The van der Waals surface area contributed by atoms with Crippen molar-refractivity contribution in [2.75, 3.05) is 33.8 Å². The van der Waals surface area contributed by atoms with E-state index in [2.05, 4.69) is 10.6 Å². The van der Waals surface area contributed by atoms with Gasteiger partial charge in [0.25, 0.3) is 0 Å². The fourth-order valence-corrected chi connectivity index (χ4v) is 2.64. The predicted molar refractivity (Wildman–Crippen MR) is 92.9 cm³/mol. The van der Waals surface area contributed by atoms with E-state index in [1.54, 1.807) is 6.26 Å². The van der Waals surface area contributed by atoms with Crippen LogP contribution in [0.25, 0.3) is 0 Å². The molecule has 25 heavy (non-hydrogen) atoms. The van der Waals surface area contributed by atoms with Crippen molar-refractivity contribution in [3.63, 3.8) is 0 Å². The summed E-state index contributed by atoms with van der Waals surface area (Å²) < 4.78 is 16.9. The summed E-state index contributed by atoms with van der Waals surface area (Å²) in [5.41, 5.74) is 0. The third-order valence-corrected chi connectivity index (χ3v) is 4.01. The van der Waals surface area contributed by atoms with Crippen molar-refractivity contribution in [2.24, 2.45) is 0 Å².